The van der Waals surface area contributed by atoms with Crippen LogP contribution in [-0.4, -0.2) is 97.6 Å². The van der Waals surface area contributed by atoms with E-state index in [2.05, 4.69) is 49.3 Å². The van der Waals surface area contributed by atoms with Crippen molar-refractivity contribution < 1.29 is 9.53 Å². The van der Waals surface area contributed by atoms with Crippen molar-refractivity contribution in [3.05, 3.63) is 30.2 Å². The molecule has 0 bridgehead atoms. The number of ether oxygens (including phenoxy) is 1. The summed E-state index contributed by atoms with van der Waals surface area (Å²) in [4.78, 5) is 25.6. The van der Waals surface area contributed by atoms with Gasteiger partial charge in [-0.1, -0.05) is 25.1 Å². The molecule has 0 saturated carbocycles. The molecule has 0 unspecified atom stereocenters. The zero-order valence-electron chi connectivity index (χ0n) is 20.3. The number of carbonyl (C=O) groups excluding carboxylic acids is 1. The molecule has 3 N–H and O–H groups in total. The number of hydrogen-bond donors (Lipinski definition) is 3. The number of piperidine rings is 1. The topological polar surface area (TPSA) is 129 Å². The van der Waals surface area contributed by atoms with Gasteiger partial charge in [0.25, 0.3) is 0 Å². The van der Waals surface area contributed by atoms with Gasteiger partial charge in [-0.15, -0.1) is 0 Å². The van der Waals surface area contributed by atoms with Crippen LogP contribution >= 0.6 is 11.6 Å². The van der Waals surface area contributed by atoms with Crippen LogP contribution in [0.3, 0.4) is 0 Å². The van der Waals surface area contributed by atoms with E-state index in [0.717, 1.165) is 51.5 Å². The lowest BCUT2D eigenvalue weighted by atomic mass is 9.93. The molecule has 3 aromatic heterocycles. The van der Waals surface area contributed by atoms with Crippen LogP contribution in [0.25, 0.3) is 11.0 Å². The van der Waals surface area contributed by atoms with Crippen molar-refractivity contribution >= 4 is 46.0 Å². The van der Waals surface area contributed by atoms with Gasteiger partial charge in [-0.2, -0.15) is 20.2 Å². The monoisotopic (exact) mass is 514 g/mol. The lowest BCUT2D eigenvalue weighted by Crippen LogP contribution is -2.48. The first kappa shape index (κ1) is 24.5. The summed E-state index contributed by atoms with van der Waals surface area (Å²) < 4.78 is 7.31. The van der Waals surface area contributed by atoms with E-state index in [1.54, 1.807) is 11.1 Å². The second-order valence-electron chi connectivity index (χ2n) is 9.21. The van der Waals surface area contributed by atoms with E-state index in [1.165, 1.54) is 6.08 Å². The summed E-state index contributed by atoms with van der Waals surface area (Å²) in [7, 11) is 0. The molecule has 2 saturated heterocycles. The summed E-state index contributed by atoms with van der Waals surface area (Å²) in [6.45, 7) is 12.2. The second kappa shape index (κ2) is 10.8. The number of nitrogens with one attached hydrogen (secondary N) is 3. The van der Waals surface area contributed by atoms with Gasteiger partial charge >= 0.3 is 0 Å². The zero-order chi connectivity index (χ0) is 25.1. The van der Waals surface area contributed by atoms with E-state index in [9.17, 15) is 4.79 Å². The highest BCUT2D eigenvalue weighted by atomic mass is 35.5. The number of rotatable bonds is 8. The zero-order valence-corrected chi connectivity index (χ0v) is 21.0. The normalized spacial score (nSPS) is 21.0. The summed E-state index contributed by atoms with van der Waals surface area (Å²) >= 11 is 6.39. The number of carbonyl (C=O) groups is 1. The van der Waals surface area contributed by atoms with Gasteiger partial charge in [0.15, 0.2) is 5.65 Å². The molecule has 0 spiro atoms. The number of likely N-dealkylation sites (tertiary alicyclic amines) is 1. The predicted molar refractivity (Wildman–Crippen MR) is 137 cm³/mol. The number of halogens is 1. The Morgan fingerprint density at radius 2 is 2.14 bits per heavy atom. The Morgan fingerprint density at radius 1 is 1.31 bits per heavy atom. The number of aromatic nitrogens is 6. The van der Waals surface area contributed by atoms with Crippen LogP contribution in [0.5, 0.6) is 0 Å². The summed E-state index contributed by atoms with van der Waals surface area (Å²) in [5, 5.41) is 19.2. The first-order valence-electron chi connectivity index (χ1n) is 12.2. The van der Waals surface area contributed by atoms with E-state index in [4.69, 9.17) is 21.3 Å². The number of nitrogens with zero attached hydrogens (tertiary/aromatic N) is 7. The molecule has 2 atom stereocenters. The minimum atomic E-state index is -0.0733. The molecule has 2 aliphatic heterocycles. The van der Waals surface area contributed by atoms with E-state index >= 15 is 0 Å². The van der Waals surface area contributed by atoms with Crippen LogP contribution < -0.4 is 10.6 Å². The maximum atomic E-state index is 12.2. The largest absolute Gasteiger partial charge is 0.379 e. The second-order valence-corrected chi connectivity index (χ2v) is 9.59. The van der Waals surface area contributed by atoms with Gasteiger partial charge in [0.2, 0.25) is 11.9 Å². The number of morpholine rings is 1. The van der Waals surface area contributed by atoms with Gasteiger partial charge in [0.1, 0.15) is 16.4 Å². The molecule has 13 heteroatoms. The highest BCUT2D eigenvalue weighted by Gasteiger charge is 2.29. The number of fused-ring (bicyclic) bond motifs is 1. The van der Waals surface area contributed by atoms with E-state index in [0.29, 0.717) is 47.0 Å². The summed E-state index contributed by atoms with van der Waals surface area (Å²) in [5.41, 5.74) is 1.22. The fraction of sp³-hybridized carbons (Fsp3) is 0.522. The highest BCUT2D eigenvalue weighted by Crippen LogP contribution is 2.30. The van der Waals surface area contributed by atoms with Crippen molar-refractivity contribution in [2.24, 2.45) is 5.92 Å². The van der Waals surface area contributed by atoms with Crippen LogP contribution in [0.15, 0.2) is 25.0 Å². The van der Waals surface area contributed by atoms with Crippen molar-refractivity contribution in [1.29, 1.82) is 0 Å². The number of anilines is 3. The molecule has 3 aromatic rings. The van der Waals surface area contributed by atoms with Crippen LogP contribution in [0.1, 0.15) is 13.3 Å². The van der Waals surface area contributed by atoms with Gasteiger partial charge in [0, 0.05) is 45.0 Å². The van der Waals surface area contributed by atoms with Crippen molar-refractivity contribution in [2.75, 3.05) is 56.6 Å². The van der Waals surface area contributed by atoms with Gasteiger partial charge in [-0.3, -0.25) is 19.5 Å². The van der Waals surface area contributed by atoms with Gasteiger partial charge in [-0.25, -0.2) is 0 Å². The van der Waals surface area contributed by atoms with Crippen molar-refractivity contribution in [3.63, 3.8) is 0 Å². The minimum absolute atomic E-state index is 0.0116. The number of H-pyrrole nitrogens is 1. The standard InChI is InChI=1S/C23H31ClN10O2/c1-3-18(35)33-5-4-15(2)17(14-33)27-21-19-20(24)30-31-22(19)29-23(28-21)26-16-12-25-34(13-16)7-6-32-8-10-36-11-9-32/h3,12-13,15,17H,1,4-11,14H2,2H3,(H3,26,27,28,29,30,31)/t15-,17+/m1/s1. The maximum Gasteiger partial charge on any atom is 0.246 e. The van der Waals surface area contributed by atoms with Crippen molar-refractivity contribution in [1.82, 2.24) is 39.7 Å². The molecular weight excluding hydrogens is 484 g/mol. The minimum Gasteiger partial charge on any atom is -0.379 e. The lowest BCUT2D eigenvalue weighted by Gasteiger charge is -2.37. The lowest BCUT2D eigenvalue weighted by molar-refractivity contribution is -0.127. The molecular formula is C23H31ClN10O2. The SMILES string of the molecule is C=CC(=O)N1CC[C@@H](C)[C@@H](Nc2nc(Nc3cnn(CCN4CCOCC4)c3)nc3n[nH]c(Cl)c23)C1. The molecule has 0 aliphatic carbocycles. The number of hydrogen-bond acceptors (Lipinski definition) is 9. The van der Waals surface area contributed by atoms with E-state index in [1.807, 2.05) is 10.9 Å². The van der Waals surface area contributed by atoms with Gasteiger partial charge in [-0.05, 0) is 18.4 Å². The Bertz CT molecular complexity index is 1220. The third-order valence-electron chi connectivity index (χ3n) is 6.77. The molecule has 2 fully saturated rings. The van der Waals surface area contributed by atoms with Gasteiger partial charge in [0.05, 0.1) is 31.6 Å². The third-order valence-corrected chi connectivity index (χ3v) is 7.05. The molecule has 12 nitrogen and oxygen atoms in total. The van der Waals surface area contributed by atoms with Crippen LogP contribution in [0.2, 0.25) is 5.15 Å². The third kappa shape index (κ3) is 5.45. The van der Waals surface area contributed by atoms with Crippen LogP contribution in [0.4, 0.5) is 17.5 Å². The maximum absolute atomic E-state index is 12.2. The molecule has 192 valence electrons. The Morgan fingerprint density at radius 3 is 2.94 bits per heavy atom. The molecule has 2 aliphatic rings. The average Bonchev–Trinajstić information content (AvgIpc) is 3.50. The number of amides is 1. The Balaban J connectivity index is 1.31. The smallest absolute Gasteiger partial charge is 0.246 e. The van der Waals surface area contributed by atoms with E-state index in [-0.39, 0.29) is 11.9 Å². The summed E-state index contributed by atoms with van der Waals surface area (Å²) in [6.07, 6.45) is 5.91. The molecule has 0 aromatic carbocycles. The summed E-state index contributed by atoms with van der Waals surface area (Å²) in [5.74, 6) is 1.20. The molecule has 5 heterocycles. The predicted octanol–water partition coefficient (Wildman–Crippen LogP) is 2.11. The molecule has 5 rings (SSSR count). The average molecular weight is 515 g/mol. The first-order chi connectivity index (χ1) is 17.5. The fourth-order valence-electron chi connectivity index (χ4n) is 4.56. The van der Waals surface area contributed by atoms with Crippen molar-refractivity contribution in [2.45, 2.75) is 25.9 Å². The quantitative estimate of drug-likeness (QED) is 0.387. The molecule has 0 radical (unpaired) electrons. The summed E-state index contributed by atoms with van der Waals surface area (Å²) in [6, 6.07) is -0.0116. The first-order valence-corrected chi connectivity index (χ1v) is 12.6. The van der Waals surface area contributed by atoms with E-state index < -0.39 is 0 Å². The fourth-order valence-corrected chi connectivity index (χ4v) is 4.78. The highest BCUT2D eigenvalue weighted by molar-refractivity contribution is 6.35. The van der Waals surface area contributed by atoms with Crippen LogP contribution in [-0.2, 0) is 16.1 Å². The molecule has 36 heavy (non-hydrogen) atoms. The Labute approximate surface area is 214 Å². The Hall–Kier alpha value is -3.22. The molecule has 1 amide bonds. The van der Waals surface area contributed by atoms with Crippen LogP contribution in [0, 0.1) is 5.92 Å². The van der Waals surface area contributed by atoms with Crippen molar-refractivity contribution in [3.8, 4) is 0 Å². The van der Waals surface area contributed by atoms with Gasteiger partial charge < -0.3 is 20.3 Å². The number of aromatic amines is 1. The Kier molecular flexibility index (Phi) is 7.35.